The molecular weight excluding hydrogens is 1170 g/mol. The van der Waals surface area contributed by atoms with Crippen molar-refractivity contribution >= 4 is 127 Å². The molecule has 0 spiro atoms. The Hall–Kier alpha value is 0.300. The number of ether oxygens (including phenoxy) is 2. The van der Waals surface area contributed by atoms with Gasteiger partial charge in [0.1, 0.15) is 34.5 Å². The van der Waals surface area contributed by atoms with Crippen LogP contribution in [0.3, 0.4) is 0 Å². The summed E-state index contributed by atoms with van der Waals surface area (Å²) in [6.45, 7) is 1.50. The topological polar surface area (TPSA) is 99.4 Å². The predicted octanol–water partition coefficient (Wildman–Crippen LogP) is 14.9. The Labute approximate surface area is 365 Å². The van der Waals surface area contributed by atoms with Crippen molar-refractivity contribution in [3.8, 4) is 34.5 Å². The van der Waals surface area contributed by atoms with Gasteiger partial charge in [0.25, 0.3) is 0 Å². The van der Waals surface area contributed by atoms with Crippen LogP contribution >= 0.6 is 127 Å². The Morgan fingerprint density at radius 3 is 0.940 bits per heavy atom. The molecule has 0 atom stereocenters. The van der Waals surface area contributed by atoms with Gasteiger partial charge in [-0.3, -0.25) is 0 Å². The summed E-state index contributed by atoms with van der Waals surface area (Å²) in [6, 6.07) is 12.5. The number of hydrogen-bond acceptors (Lipinski definition) is 6. The van der Waals surface area contributed by atoms with Gasteiger partial charge in [-0.1, -0.05) is 102 Å². The minimum atomic E-state index is 0.102. The lowest BCUT2D eigenvalue weighted by atomic mass is 10.2. The molecule has 0 aliphatic heterocycles. The van der Waals surface area contributed by atoms with Crippen molar-refractivity contribution in [1.29, 1.82) is 0 Å². The molecule has 0 radical (unpaired) electrons. The molecule has 50 heavy (non-hydrogen) atoms. The molecule has 3 aromatic carbocycles. The quantitative estimate of drug-likeness (QED) is 0.0542. The highest BCUT2D eigenvalue weighted by molar-refractivity contribution is 9.11. The van der Waals surface area contributed by atoms with E-state index in [1.54, 1.807) is 0 Å². The Morgan fingerprint density at radius 1 is 0.380 bits per heavy atom. The fourth-order valence-corrected chi connectivity index (χ4v) is 6.84. The van der Waals surface area contributed by atoms with E-state index in [2.05, 4.69) is 127 Å². The monoisotopic (exact) mass is 1210 g/mol. The van der Waals surface area contributed by atoms with Crippen LogP contribution in [0.25, 0.3) is 0 Å². The summed E-state index contributed by atoms with van der Waals surface area (Å²) < 4.78 is 14.6. The third-order valence-corrected chi connectivity index (χ3v) is 11.2. The Morgan fingerprint density at radius 2 is 0.660 bits per heavy atom. The van der Waals surface area contributed by atoms with Gasteiger partial charge >= 0.3 is 0 Å². The maximum Gasteiger partial charge on any atom is 0.134 e. The smallest absolute Gasteiger partial charge is 0.134 e. The molecule has 0 bridgehead atoms. The van der Waals surface area contributed by atoms with Crippen molar-refractivity contribution in [3.05, 3.63) is 66.4 Å². The molecule has 0 aromatic heterocycles. The molecule has 0 heterocycles. The summed E-state index contributed by atoms with van der Waals surface area (Å²) in [5, 5.41) is 39.9. The van der Waals surface area contributed by atoms with Crippen molar-refractivity contribution in [2.75, 3.05) is 34.5 Å². The first-order valence-electron chi connectivity index (χ1n) is 16.3. The van der Waals surface area contributed by atoms with Gasteiger partial charge in [0.15, 0.2) is 0 Å². The van der Waals surface area contributed by atoms with E-state index in [-0.39, 0.29) is 23.0 Å². The molecule has 0 saturated heterocycles. The molecule has 284 valence electrons. The molecule has 0 saturated carbocycles. The number of phenolic OH excluding ortho intramolecular Hbond substituents is 4. The van der Waals surface area contributed by atoms with Crippen molar-refractivity contribution in [2.45, 2.75) is 77.0 Å². The van der Waals surface area contributed by atoms with Gasteiger partial charge in [-0.25, -0.2) is 0 Å². The average molecular weight is 1220 g/mol. The standard InChI is InChI=1S/C18H26Br4O2.C6H4Br2O2.C6H12Br2.C6H6O2/c19-9-5-1-3-7-11-23-17-13-16(22)18(14-15(17)21)24-12-8-4-2-6-10-20;7-3-1-5(9)4(8)2-6(3)10;7-5-3-1-2-4-6-8;7-5-1-2-6(8)4-3-5/h13-14H,1-12H2;1-2,9-10H;1-6H2;1-4,7-8H. The summed E-state index contributed by atoms with van der Waals surface area (Å²) in [7, 11) is 0. The van der Waals surface area contributed by atoms with Crippen molar-refractivity contribution in [3.63, 3.8) is 0 Å². The third-order valence-electron chi connectivity index (χ3n) is 6.44. The van der Waals surface area contributed by atoms with Crippen LogP contribution in [-0.4, -0.2) is 55.0 Å². The second-order valence-corrected chi connectivity index (χ2v) is 17.3. The summed E-state index contributed by atoms with van der Waals surface area (Å²) in [5.74, 6) is 2.28. The van der Waals surface area contributed by atoms with Gasteiger partial charge in [-0.15, -0.1) is 0 Å². The Balaban J connectivity index is 0.000000750. The van der Waals surface area contributed by atoms with Crippen LogP contribution < -0.4 is 9.47 Å². The third kappa shape index (κ3) is 27.0. The van der Waals surface area contributed by atoms with Gasteiger partial charge in [0.05, 0.1) is 31.1 Å². The van der Waals surface area contributed by atoms with Crippen molar-refractivity contribution in [1.82, 2.24) is 0 Å². The van der Waals surface area contributed by atoms with E-state index in [9.17, 15) is 0 Å². The van der Waals surface area contributed by atoms with Gasteiger partial charge in [-0.2, -0.15) is 0 Å². The van der Waals surface area contributed by atoms with E-state index in [4.69, 9.17) is 29.9 Å². The molecule has 0 aliphatic carbocycles. The molecule has 3 aromatic rings. The van der Waals surface area contributed by atoms with E-state index in [0.717, 1.165) is 67.8 Å². The van der Waals surface area contributed by atoms with Crippen LogP contribution in [0, 0.1) is 0 Å². The zero-order valence-corrected chi connectivity index (χ0v) is 40.7. The van der Waals surface area contributed by atoms with E-state index in [1.807, 2.05) is 12.1 Å². The number of phenols is 4. The number of aromatic hydroxyl groups is 4. The molecule has 0 amide bonds. The predicted molar refractivity (Wildman–Crippen MR) is 238 cm³/mol. The van der Waals surface area contributed by atoms with Crippen molar-refractivity contribution < 1.29 is 29.9 Å². The van der Waals surface area contributed by atoms with E-state index >= 15 is 0 Å². The number of rotatable bonds is 19. The summed E-state index contributed by atoms with van der Waals surface area (Å²) in [4.78, 5) is 0. The Kier molecular flexibility index (Phi) is 34.0. The molecular formula is C36H48Br8O6. The zero-order chi connectivity index (χ0) is 37.6. The maximum absolute atomic E-state index is 9.04. The number of benzene rings is 3. The van der Waals surface area contributed by atoms with Crippen molar-refractivity contribution in [2.24, 2.45) is 0 Å². The van der Waals surface area contributed by atoms with E-state index < -0.39 is 0 Å². The molecule has 0 fully saturated rings. The number of halogens is 8. The fourth-order valence-electron chi connectivity index (χ4n) is 3.72. The first kappa shape index (κ1) is 50.3. The molecule has 0 unspecified atom stereocenters. The van der Waals surface area contributed by atoms with Crippen LogP contribution in [0.5, 0.6) is 34.5 Å². The maximum atomic E-state index is 9.04. The molecule has 0 aliphatic rings. The first-order chi connectivity index (χ1) is 24.0. The largest absolute Gasteiger partial charge is 0.508 e. The summed E-state index contributed by atoms with van der Waals surface area (Å²) in [6.07, 6.45) is 15.0. The van der Waals surface area contributed by atoms with Gasteiger partial charge in [-0.05, 0) is 151 Å². The zero-order valence-electron chi connectivity index (χ0n) is 28.0. The molecule has 3 rings (SSSR count). The highest BCUT2D eigenvalue weighted by Crippen LogP contribution is 2.37. The lowest BCUT2D eigenvalue weighted by molar-refractivity contribution is 0.294. The van der Waals surface area contributed by atoms with Gasteiger partial charge in [0.2, 0.25) is 0 Å². The van der Waals surface area contributed by atoms with Crippen LogP contribution in [0.4, 0.5) is 0 Å². The SMILES string of the molecule is BrCCCCCCBr.BrCCCCCCOc1cc(Br)c(OCCCCCCBr)cc1Br.Oc1cc(Br)c(O)cc1Br.Oc1ccc(O)cc1. The fraction of sp³-hybridized carbons (Fsp3) is 0.500. The molecule has 4 N–H and O–H groups in total. The number of unbranched alkanes of at least 4 members (excludes halogenated alkanes) is 9. The molecule has 6 nitrogen and oxygen atoms in total. The van der Waals surface area contributed by atoms with Crippen LogP contribution in [0.2, 0.25) is 0 Å². The lowest BCUT2D eigenvalue weighted by Gasteiger charge is -2.13. The second kappa shape index (κ2) is 33.8. The Bertz CT molecular complexity index is 1150. The summed E-state index contributed by atoms with van der Waals surface area (Å²) >= 11 is 27.0. The normalized spacial score (nSPS) is 10.2. The van der Waals surface area contributed by atoms with Crippen LogP contribution in [0.1, 0.15) is 77.0 Å². The lowest BCUT2D eigenvalue weighted by Crippen LogP contribution is -2.01. The molecule has 14 heteroatoms. The first-order valence-corrected chi connectivity index (χ1v) is 24.0. The van der Waals surface area contributed by atoms with E-state index in [0.29, 0.717) is 8.95 Å². The highest BCUT2D eigenvalue weighted by Gasteiger charge is 2.09. The number of alkyl halides is 4. The van der Waals surface area contributed by atoms with E-state index in [1.165, 1.54) is 101 Å². The number of hydrogen-bond donors (Lipinski definition) is 4. The van der Waals surface area contributed by atoms with Crippen LogP contribution in [0.15, 0.2) is 66.4 Å². The summed E-state index contributed by atoms with van der Waals surface area (Å²) in [5.41, 5.74) is 0. The average Bonchev–Trinajstić information content (AvgIpc) is 3.09. The second-order valence-electron chi connectivity index (χ2n) is 10.7. The highest BCUT2D eigenvalue weighted by atomic mass is 79.9. The van der Waals surface area contributed by atoms with Gasteiger partial charge < -0.3 is 29.9 Å². The van der Waals surface area contributed by atoms with Crippen LogP contribution in [-0.2, 0) is 0 Å². The van der Waals surface area contributed by atoms with Gasteiger partial charge in [0, 0.05) is 21.3 Å². The minimum absolute atomic E-state index is 0.102. The minimum Gasteiger partial charge on any atom is -0.508 e.